The molecule has 2 aromatic carbocycles. The molecule has 0 aliphatic carbocycles. The Morgan fingerprint density at radius 2 is 2.00 bits per heavy atom. The van der Waals surface area contributed by atoms with Crippen LogP contribution in [0.15, 0.2) is 41.0 Å². The molecule has 3 rings (SSSR count). The zero-order valence-electron chi connectivity index (χ0n) is 17.3. The highest BCUT2D eigenvalue weighted by Gasteiger charge is 2.26. The highest BCUT2D eigenvalue weighted by atomic mass is 127. The second-order valence-electron chi connectivity index (χ2n) is 6.71. The molecule has 2 aromatic rings. The summed E-state index contributed by atoms with van der Waals surface area (Å²) in [4.78, 5) is 27.3. The van der Waals surface area contributed by atoms with Crippen LogP contribution >= 0.6 is 22.6 Å². The van der Waals surface area contributed by atoms with E-state index in [-0.39, 0.29) is 17.3 Å². The van der Waals surface area contributed by atoms with Gasteiger partial charge in [0.15, 0.2) is 17.2 Å². The molecule has 0 saturated heterocycles. The molecule has 8 nitrogen and oxygen atoms in total. The minimum Gasteiger partial charge on any atom is -0.490 e. The summed E-state index contributed by atoms with van der Waals surface area (Å²) in [5, 5.41) is 11.2. The van der Waals surface area contributed by atoms with Crippen LogP contribution in [0.4, 0.5) is 5.69 Å². The van der Waals surface area contributed by atoms with Crippen LogP contribution in [-0.2, 0) is 9.53 Å². The first kappa shape index (κ1) is 22.7. The molecule has 1 aliphatic rings. The monoisotopic (exact) mass is 536 g/mol. The van der Waals surface area contributed by atoms with E-state index >= 15 is 0 Å². The van der Waals surface area contributed by atoms with E-state index in [0.717, 1.165) is 9.99 Å². The van der Waals surface area contributed by atoms with Gasteiger partial charge in [-0.1, -0.05) is 13.0 Å². The van der Waals surface area contributed by atoms with Crippen LogP contribution in [0.1, 0.15) is 37.0 Å². The van der Waals surface area contributed by atoms with Gasteiger partial charge in [0.05, 0.1) is 21.7 Å². The average Bonchev–Trinajstić information content (AvgIpc) is 3.08. The largest absolute Gasteiger partial charge is 0.490 e. The van der Waals surface area contributed by atoms with Gasteiger partial charge in [-0.25, -0.2) is 9.79 Å². The number of cyclic esters (lactones) is 1. The lowest BCUT2D eigenvalue weighted by Gasteiger charge is -2.14. The minimum absolute atomic E-state index is 0.0296. The third-order valence-electron chi connectivity index (χ3n) is 4.36. The fourth-order valence-corrected chi connectivity index (χ4v) is 3.69. The van der Waals surface area contributed by atoms with Crippen molar-refractivity contribution in [2.45, 2.75) is 27.2 Å². The molecule has 0 aromatic heterocycles. The normalized spacial score (nSPS) is 14.4. The third kappa shape index (κ3) is 5.22. The molecule has 0 saturated carbocycles. The van der Waals surface area contributed by atoms with Crippen molar-refractivity contribution in [3.05, 3.63) is 66.4 Å². The first-order chi connectivity index (χ1) is 14.8. The standard InChI is InChI=1S/C22H21IN2O6/c1-4-8-30-20-16(23)9-14(11-19(20)29-5-2)10-17-22(26)31-21(24-17)15-7-6-13(3)18(12-15)25(27)28/h6-7,9-12H,4-5,8H2,1-3H3/b17-10-. The molecule has 0 atom stereocenters. The van der Waals surface area contributed by atoms with Gasteiger partial charge in [0.25, 0.3) is 5.69 Å². The maximum absolute atomic E-state index is 12.4. The maximum atomic E-state index is 12.4. The molecule has 0 spiro atoms. The number of benzene rings is 2. The molecule has 0 unspecified atom stereocenters. The van der Waals surface area contributed by atoms with Crippen LogP contribution in [0.2, 0.25) is 0 Å². The van der Waals surface area contributed by atoms with Crippen LogP contribution in [0, 0.1) is 20.6 Å². The van der Waals surface area contributed by atoms with Gasteiger partial charge in [-0.15, -0.1) is 0 Å². The molecule has 31 heavy (non-hydrogen) atoms. The van der Waals surface area contributed by atoms with Crippen LogP contribution < -0.4 is 9.47 Å². The van der Waals surface area contributed by atoms with Gasteiger partial charge in [0.2, 0.25) is 5.90 Å². The smallest absolute Gasteiger partial charge is 0.363 e. The summed E-state index contributed by atoms with van der Waals surface area (Å²) in [6, 6.07) is 8.21. The van der Waals surface area contributed by atoms with Gasteiger partial charge in [-0.2, -0.15) is 0 Å². The Kier molecular flexibility index (Phi) is 7.26. The lowest BCUT2D eigenvalue weighted by atomic mass is 10.1. The summed E-state index contributed by atoms with van der Waals surface area (Å²) < 4.78 is 17.6. The molecule has 162 valence electrons. The zero-order chi connectivity index (χ0) is 22.5. The fourth-order valence-electron chi connectivity index (χ4n) is 2.91. The number of carbonyl (C=O) groups excluding carboxylic acids is 1. The molecule has 0 N–H and O–H groups in total. The number of halogens is 1. The van der Waals surface area contributed by atoms with E-state index in [0.29, 0.717) is 41.4 Å². The lowest BCUT2D eigenvalue weighted by molar-refractivity contribution is -0.385. The number of aliphatic imine (C=N–C) groups is 1. The SMILES string of the molecule is CCCOc1c(I)cc(/C=C2\N=C(c3ccc(C)c([N+](=O)[O-])c3)OC2=O)cc1OCC. The number of aryl methyl sites for hydroxylation is 1. The van der Waals surface area contributed by atoms with Crippen molar-refractivity contribution in [1.29, 1.82) is 0 Å². The summed E-state index contributed by atoms with van der Waals surface area (Å²) in [5.74, 6) is 0.649. The van der Waals surface area contributed by atoms with Crippen LogP contribution in [0.5, 0.6) is 11.5 Å². The van der Waals surface area contributed by atoms with Gasteiger partial charge in [0.1, 0.15) is 0 Å². The quantitative estimate of drug-likeness (QED) is 0.154. The molecule has 9 heteroatoms. The summed E-state index contributed by atoms with van der Waals surface area (Å²) in [7, 11) is 0. The Morgan fingerprint density at radius 1 is 1.23 bits per heavy atom. The van der Waals surface area contributed by atoms with E-state index in [1.165, 1.54) is 6.07 Å². The van der Waals surface area contributed by atoms with E-state index in [4.69, 9.17) is 14.2 Å². The maximum Gasteiger partial charge on any atom is 0.363 e. The van der Waals surface area contributed by atoms with Crippen LogP contribution in [0.25, 0.3) is 6.08 Å². The molecule has 0 radical (unpaired) electrons. The second-order valence-corrected chi connectivity index (χ2v) is 7.87. The van der Waals surface area contributed by atoms with E-state index in [9.17, 15) is 14.9 Å². The second kappa shape index (κ2) is 9.90. The summed E-state index contributed by atoms with van der Waals surface area (Å²) >= 11 is 2.16. The fraction of sp³-hybridized carbons (Fsp3) is 0.273. The molecule has 0 bridgehead atoms. The van der Waals surface area contributed by atoms with Crippen molar-refractivity contribution < 1.29 is 23.9 Å². The van der Waals surface area contributed by atoms with Crippen molar-refractivity contribution >= 4 is 46.2 Å². The topological polar surface area (TPSA) is 100 Å². The molecular formula is C22H21IN2O6. The average molecular weight is 536 g/mol. The Morgan fingerprint density at radius 3 is 2.68 bits per heavy atom. The summed E-state index contributed by atoms with van der Waals surface area (Å²) in [6.07, 6.45) is 2.46. The number of ether oxygens (including phenoxy) is 3. The lowest BCUT2D eigenvalue weighted by Crippen LogP contribution is -2.06. The van der Waals surface area contributed by atoms with Gasteiger partial charge in [-0.3, -0.25) is 10.1 Å². The number of nitro benzene ring substituents is 1. The summed E-state index contributed by atoms with van der Waals surface area (Å²) in [5.41, 5.74) is 1.61. The van der Waals surface area contributed by atoms with Gasteiger partial charge < -0.3 is 14.2 Å². The van der Waals surface area contributed by atoms with E-state index in [2.05, 4.69) is 27.6 Å². The van der Waals surface area contributed by atoms with Crippen molar-refractivity contribution in [2.75, 3.05) is 13.2 Å². The van der Waals surface area contributed by atoms with Crippen LogP contribution in [-0.4, -0.2) is 30.0 Å². The predicted molar refractivity (Wildman–Crippen MR) is 125 cm³/mol. The molecular weight excluding hydrogens is 515 g/mol. The Balaban J connectivity index is 1.96. The number of rotatable bonds is 8. The first-order valence-electron chi connectivity index (χ1n) is 9.71. The first-order valence-corrected chi connectivity index (χ1v) is 10.8. The predicted octanol–water partition coefficient (Wildman–Crippen LogP) is 5.04. The highest BCUT2D eigenvalue weighted by molar-refractivity contribution is 14.1. The summed E-state index contributed by atoms with van der Waals surface area (Å²) in [6.45, 7) is 6.58. The number of nitrogens with zero attached hydrogens (tertiary/aromatic N) is 2. The van der Waals surface area contributed by atoms with Crippen molar-refractivity contribution in [1.82, 2.24) is 0 Å². The highest BCUT2D eigenvalue weighted by Crippen LogP contribution is 2.35. The van der Waals surface area contributed by atoms with E-state index in [1.807, 2.05) is 19.9 Å². The number of nitro groups is 1. The van der Waals surface area contributed by atoms with Crippen molar-refractivity contribution in [3.8, 4) is 11.5 Å². The van der Waals surface area contributed by atoms with Gasteiger partial charge in [0, 0.05) is 17.2 Å². The van der Waals surface area contributed by atoms with E-state index in [1.54, 1.807) is 31.2 Å². The Labute approximate surface area is 193 Å². The number of esters is 1. The molecule has 1 heterocycles. The Bertz CT molecular complexity index is 1090. The number of hydrogen-bond donors (Lipinski definition) is 0. The van der Waals surface area contributed by atoms with Gasteiger partial charge in [-0.05, 0) is 72.7 Å². The third-order valence-corrected chi connectivity index (χ3v) is 5.16. The van der Waals surface area contributed by atoms with Crippen LogP contribution in [0.3, 0.4) is 0 Å². The van der Waals surface area contributed by atoms with Crippen molar-refractivity contribution in [3.63, 3.8) is 0 Å². The number of carbonyl (C=O) groups is 1. The molecule has 0 fully saturated rings. The number of hydrogen-bond acceptors (Lipinski definition) is 7. The molecule has 1 aliphatic heterocycles. The van der Waals surface area contributed by atoms with E-state index < -0.39 is 10.9 Å². The zero-order valence-corrected chi connectivity index (χ0v) is 19.5. The Hall–Kier alpha value is -2.95. The van der Waals surface area contributed by atoms with Gasteiger partial charge >= 0.3 is 5.97 Å². The van der Waals surface area contributed by atoms with Crippen molar-refractivity contribution in [2.24, 2.45) is 4.99 Å². The molecule has 0 amide bonds. The minimum atomic E-state index is -0.627.